The molecular formula is C24H19ClF2N2O2. The van der Waals surface area contributed by atoms with Crippen LogP contribution in [0.25, 0.3) is 0 Å². The van der Waals surface area contributed by atoms with Crippen LogP contribution in [0.15, 0.2) is 78.0 Å². The zero-order chi connectivity index (χ0) is 21.8. The average molecular weight is 441 g/mol. The molecule has 158 valence electrons. The van der Waals surface area contributed by atoms with Gasteiger partial charge in [0, 0.05) is 29.1 Å². The predicted molar refractivity (Wildman–Crippen MR) is 115 cm³/mol. The fraction of sp³-hybridized carbons (Fsp3) is 0.167. The lowest BCUT2D eigenvalue weighted by Gasteiger charge is -2.25. The molecule has 0 radical (unpaired) electrons. The largest absolute Gasteiger partial charge is 0.390 e. The fourth-order valence-electron chi connectivity index (χ4n) is 3.47. The molecule has 1 aliphatic rings. The maximum absolute atomic E-state index is 13.7. The predicted octanol–water partition coefficient (Wildman–Crippen LogP) is 5.45. The second-order valence-electron chi connectivity index (χ2n) is 7.27. The van der Waals surface area contributed by atoms with Crippen LogP contribution in [-0.2, 0) is 11.4 Å². The van der Waals surface area contributed by atoms with E-state index in [1.54, 1.807) is 29.2 Å². The molecule has 1 unspecified atom stereocenters. The number of benzene rings is 3. The molecule has 1 heterocycles. The Morgan fingerprint density at radius 3 is 2.52 bits per heavy atom. The highest BCUT2D eigenvalue weighted by Crippen LogP contribution is 2.23. The van der Waals surface area contributed by atoms with Gasteiger partial charge in [0.1, 0.15) is 11.6 Å². The van der Waals surface area contributed by atoms with Gasteiger partial charge in [0.15, 0.2) is 6.10 Å². The smallest absolute Gasteiger partial charge is 0.254 e. The van der Waals surface area contributed by atoms with E-state index in [9.17, 15) is 13.6 Å². The van der Waals surface area contributed by atoms with E-state index in [-0.39, 0.29) is 30.4 Å². The van der Waals surface area contributed by atoms with Crippen LogP contribution in [0.1, 0.15) is 27.9 Å². The van der Waals surface area contributed by atoms with Crippen LogP contribution in [-0.4, -0.2) is 29.2 Å². The highest BCUT2D eigenvalue weighted by molar-refractivity contribution is 6.31. The quantitative estimate of drug-likeness (QED) is 0.511. The summed E-state index contributed by atoms with van der Waals surface area (Å²) in [5.41, 5.74) is 2.24. The van der Waals surface area contributed by atoms with Gasteiger partial charge < -0.3 is 9.74 Å². The van der Waals surface area contributed by atoms with E-state index in [0.717, 1.165) is 5.56 Å². The zero-order valence-corrected chi connectivity index (χ0v) is 17.2. The SMILES string of the molecule is O=C(c1cccc(F)c1)N(Cc1ccccc1Cl)CC1CC(c2cccc(F)c2)=NO1. The van der Waals surface area contributed by atoms with E-state index >= 15 is 0 Å². The van der Waals surface area contributed by atoms with Crippen LogP contribution in [0.3, 0.4) is 0 Å². The monoisotopic (exact) mass is 440 g/mol. The number of hydrogen-bond donors (Lipinski definition) is 0. The number of oxime groups is 1. The van der Waals surface area contributed by atoms with E-state index < -0.39 is 11.9 Å². The van der Waals surface area contributed by atoms with E-state index in [0.29, 0.717) is 22.7 Å². The molecular weight excluding hydrogens is 422 g/mol. The van der Waals surface area contributed by atoms with Crippen LogP contribution in [0.4, 0.5) is 8.78 Å². The van der Waals surface area contributed by atoms with E-state index in [1.165, 1.54) is 30.3 Å². The summed E-state index contributed by atoms with van der Waals surface area (Å²) in [6.07, 6.45) is -0.00269. The molecule has 31 heavy (non-hydrogen) atoms. The molecule has 0 bridgehead atoms. The van der Waals surface area contributed by atoms with Gasteiger partial charge in [-0.3, -0.25) is 4.79 Å². The van der Waals surface area contributed by atoms with Crippen molar-refractivity contribution in [2.24, 2.45) is 5.16 Å². The Labute approximate surface area is 183 Å². The van der Waals surface area contributed by atoms with Gasteiger partial charge in [0.25, 0.3) is 5.91 Å². The van der Waals surface area contributed by atoms with Crippen molar-refractivity contribution in [3.05, 3.63) is 106 Å². The van der Waals surface area contributed by atoms with E-state index in [4.69, 9.17) is 16.4 Å². The lowest BCUT2D eigenvalue weighted by atomic mass is 10.0. The Morgan fingerprint density at radius 1 is 1.03 bits per heavy atom. The molecule has 1 amide bonds. The van der Waals surface area contributed by atoms with Crippen molar-refractivity contribution in [2.45, 2.75) is 19.1 Å². The third kappa shape index (κ3) is 5.09. The third-order valence-corrected chi connectivity index (χ3v) is 5.36. The first-order chi connectivity index (χ1) is 15.0. The van der Waals surface area contributed by atoms with Crippen molar-refractivity contribution in [3.63, 3.8) is 0 Å². The van der Waals surface area contributed by atoms with Gasteiger partial charge in [-0.15, -0.1) is 0 Å². The maximum atomic E-state index is 13.7. The van der Waals surface area contributed by atoms with E-state index in [1.807, 2.05) is 18.2 Å². The summed E-state index contributed by atoms with van der Waals surface area (Å²) in [5.74, 6) is -1.19. The second kappa shape index (κ2) is 9.27. The fourth-order valence-corrected chi connectivity index (χ4v) is 3.66. The van der Waals surface area contributed by atoms with Gasteiger partial charge in [0.2, 0.25) is 0 Å². The Morgan fingerprint density at radius 2 is 1.77 bits per heavy atom. The highest BCUT2D eigenvalue weighted by atomic mass is 35.5. The first-order valence-corrected chi connectivity index (χ1v) is 10.1. The first kappa shape index (κ1) is 21.0. The molecule has 0 saturated carbocycles. The minimum Gasteiger partial charge on any atom is -0.390 e. The van der Waals surface area contributed by atoms with Gasteiger partial charge in [-0.1, -0.05) is 53.2 Å². The number of amides is 1. The minimum atomic E-state index is -0.489. The van der Waals surface area contributed by atoms with Crippen LogP contribution in [0.5, 0.6) is 0 Å². The van der Waals surface area contributed by atoms with Crippen LogP contribution in [0.2, 0.25) is 5.02 Å². The van der Waals surface area contributed by atoms with Crippen molar-refractivity contribution in [1.29, 1.82) is 0 Å². The first-order valence-electron chi connectivity index (χ1n) is 9.76. The van der Waals surface area contributed by atoms with Crippen LogP contribution < -0.4 is 0 Å². The summed E-state index contributed by atoms with van der Waals surface area (Å²) in [5, 5.41) is 4.61. The van der Waals surface area contributed by atoms with Gasteiger partial charge in [-0.2, -0.15) is 0 Å². The maximum Gasteiger partial charge on any atom is 0.254 e. The third-order valence-electron chi connectivity index (χ3n) is 4.99. The average Bonchev–Trinajstić information content (AvgIpc) is 3.23. The number of hydrogen-bond acceptors (Lipinski definition) is 3. The van der Waals surface area contributed by atoms with Gasteiger partial charge in [0.05, 0.1) is 12.3 Å². The molecule has 4 rings (SSSR count). The zero-order valence-electron chi connectivity index (χ0n) is 16.5. The topological polar surface area (TPSA) is 41.9 Å². The molecule has 0 aromatic heterocycles. The molecule has 0 aliphatic carbocycles. The summed E-state index contributed by atoms with van der Waals surface area (Å²) in [6.45, 7) is 0.438. The normalized spacial score (nSPS) is 15.3. The lowest BCUT2D eigenvalue weighted by molar-refractivity contribution is 0.0405. The van der Waals surface area contributed by atoms with Gasteiger partial charge in [-0.05, 0) is 42.0 Å². The lowest BCUT2D eigenvalue weighted by Crippen LogP contribution is -2.37. The Hall–Kier alpha value is -3.25. The van der Waals surface area contributed by atoms with Crippen molar-refractivity contribution in [1.82, 2.24) is 4.90 Å². The number of carbonyl (C=O) groups is 1. The molecule has 7 heteroatoms. The molecule has 1 aliphatic heterocycles. The van der Waals surface area contributed by atoms with Gasteiger partial charge >= 0.3 is 0 Å². The van der Waals surface area contributed by atoms with E-state index in [2.05, 4.69) is 5.16 Å². The molecule has 0 N–H and O–H groups in total. The Bertz CT molecular complexity index is 1140. The van der Waals surface area contributed by atoms with Crippen molar-refractivity contribution >= 4 is 23.2 Å². The summed E-state index contributed by atoms with van der Waals surface area (Å²) in [4.78, 5) is 20.3. The summed E-state index contributed by atoms with van der Waals surface area (Å²) in [6, 6.07) is 18.9. The summed E-state index contributed by atoms with van der Waals surface area (Å²) < 4.78 is 27.2. The van der Waals surface area contributed by atoms with Gasteiger partial charge in [-0.25, -0.2) is 8.78 Å². The molecule has 3 aromatic carbocycles. The number of halogens is 3. The number of nitrogens with zero attached hydrogens (tertiary/aromatic N) is 2. The molecule has 4 nitrogen and oxygen atoms in total. The van der Waals surface area contributed by atoms with Crippen molar-refractivity contribution in [2.75, 3.05) is 6.54 Å². The molecule has 0 fully saturated rings. The minimum absolute atomic E-state index is 0.211. The van der Waals surface area contributed by atoms with Crippen molar-refractivity contribution < 1.29 is 18.4 Å². The van der Waals surface area contributed by atoms with Crippen molar-refractivity contribution in [3.8, 4) is 0 Å². The molecule has 3 aromatic rings. The summed E-state index contributed by atoms with van der Waals surface area (Å²) >= 11 is 6.29. The molecule has 0 spiro atoms. The number of carbonyl (C=O) groups excluding carboxylic acids is 1. The van der Waals surface area contributed by atoms with Crippen LogP contribution in [0, 0.1) is 11.6 Å². The standard InChI is InChI=1S/C24H19ClF2N2O2/c25-22-10-2-1-5-18(22)14-29(24(30)17-7-4-9-20(27)12-17)15-21-13-23(28-31-21)16-6-3-8-19(26)11-16/h1-12,21H,13-15H2. The molecule has 1 atom stereocenters. The molecule has 0 saturated heterocycles. The summed E-state index contributed by atoms with van der Waals surface area (Å²) in [7, 11) is 0. The Kier molecular flexibility index (Phi) is 6.28. The Balaban J connectivity index is 1.53. The second-order valence-corrected chi connectivity index (χ2v) is 7.67. The highest BCUT2D eigenvalue weighted by Gasteiger charge is 2.28. The van der Waals surface area contributed by atoms with Crippen LogP contribution >= 0.6 is 11.6 Å². The number of rotatable bonds is 6.